The van der Waals surface area contributed by atoms with Crippen molar-refractivity contribution in [3.05, 3.63) is 28.8 Å². The summed E-state index contributed by atoms with van der Waals surface area (Å²) in [5.74, 6) is 1.74. The van der Waals surface area contributed by atoms with Crippen molar-refractivity contribution in [3.8, 4) is 0 Å². The molecule has 0 aromatic heterocycles. The van der Waals surface area contributed by atoms with E-state index in [1.54, 1.807) is 0 Å². The van der Waals surface area contributed by atoms with Gasteiger partial charge < -0.3 is 0 Å². The van der Waals surface area contributed by atoms with E-state index in [0.717, 1.165) is 11.3 Å². The van der Waals surface area contributed by atoms with Crippen LogP contribution in [0.2, 0.25) is 0 Å². The van der Waals surface area contributed by atoms with E-state index < -0.39 is 0 Å². The number of rotatable bonds is 4. The monoisotopic (exact) mass is 254 g/mol. The predicted octanol–water partition coefficient (Wildman–Crippen LogP) is 4.36. The zero-order valence-electron chi connectivity index (χ0n) is 9.55. The lowest BCUT2D eigenvalue weighted by Crippen LogP contribution is -1.99. The minimum absolute atomic E-state index is 0.349. The Hall–Kier alpha value is -0.470. The molecular weight excluding hydrogens is 240 g/mol. The molecule has 0 heterocycles. The van der Waals surface area contributed by atoms with Gasteiger partial charge in [0.05, 0.1) is 0 Å². The van der Waals surface area contributed by atoms with Gasteiger partial charge in [0.15, 0.2) is 0 Å². The Balaban J connectivity index is 2.48. The van der Waals surface area contributed by atoms with Crippen LogP contribution in [0, 0.1) is 6.92 Å². The smallest absolute Gasteiger partial charge is 0.252 e. The van der Waals surface area contributed by atoms with Gasteiger partial charge in [-0.1, -0.05) is 13.0 Å². The summed E-state index contributed by atoms with van der Waals surface area (Å²) < 4.78 is 0. The number of hydrogen-bond donors (Lipinski definition) is 0. The van der Waals surface area contributed by atoms with Gasteiger partial charge in [-0.2, -0.15) is 0 Å². The summed E-state index contributed by atoms with van der Waals surface area (Å²) in [5, 5.41) is -0.349. The van der Waals surface area contributed by atoms with E-state index in [0.29, 0.717) is 11.5 Å². The molecule has 1 nitrogen and oxygen atoms in total. The molecule has 0 bridgehead atoms. The minimum atomic E-state index is -0.349. The second-order valence-corrected chi connectivity index (χ2v) is 5.76. The molecule has 0 amide bonds. The molecule has 1 aliphatic rings. The van der Waals surface area contributed by atoms with Crippen LogP contribution >= 0.6 is 23.4 Å². The molecule has 0 saturated heterocycles. The molecule has 1 aromatic carbocycles. The summed E-state index contributed by atoms with van der Waals surface area (Å²) in [4.78, 5) is 12.6. The van der Waals surface area contributed by atoms with Gasteiger partial charge in [0, 0.05) is 10.5 Å². The van der Waals surface area contributed by atoms with E-state index in [-0.39, 0.29) is 5.24 Å². The molecule has 2 rings (SSSR count). The van der Waals surface area contributed by atoms with Crippen LogP contribution < -0.4 is 0 Å². The van der Waals surface area contributed by atoms with E-state index in [1.165, 1.54) is 23.3 Å². The van der Waals surface area contributed by atoms with Crippen molar-refractivity contribution in [2.75, 3.05) is 5.75 Å². The van der Waals surface area contributed by atoms with Crippen molar-refractivity contribution in [1.82, 2.24) is 0 Å². The van der Waals surface area contributed by atoms with Crippen LogP contribution in [0.1, 0.15) is 47.2 Å². The van der Waals surface area contributed by atoms with Crippen LogP contribution in [-0.2, 0) is 0 Å². The van der Waals surface area contributed by atoms with Gasteiger partial charge in [-0.15, -0.1) is 11.8 Å². The van der Waals surface area contributed by atoms with Crippen molar-refractivity contribution in [1.29, 1.82) is 0 Å². The number of carbonyl (C=O) groups is 1. The lowest BCUT2D eigenvalue weighted by Gasteiger charge is -2.13. The number of carbonyl (C=O) groups excluding carboxylic acids is 1. The predicted molar refractivity (Wildman–Crippen MR) is 69.7 cm³/mol. The van der Waals surface area contributed by atoms with Crippen molar-refractivity contribution < 1.29 is 4.79 Å². The highest BCUT2D eigenvalue weighted by atomic mass is 35.5. The van der Waals surface area contributed by atoms with E-state index in [4.69, 9.17) is 11.6 Å². The average molecular weight is 255 g/mol. The normalized spacial score (nSPS) is 15.2. The highest BCUT2D eigenvalue weighted by Gasteiger charge is 2.27. The molecule has 3 heteroatoms. The first-order valence-corrected chi connectivity index (χ1v) is 6.97. The summed E-state index contributed by atoms with van der Waals surface area (Å²) in [6.45, 7) is 4.13. The molecule has 0 N–H and O–H groups in total. The first kappa shape index (κ1) is 12.0. The number of halogens is 1. The summed E-state index contributed by atoms with van der Waals surface area (Å²) >= 11 is 7.40. The van der Waals surface area contributed by atoms with Crippen LogP contribution in [-0.4, -0.2) is 11.0 Å². The number of benzene rings is 1. The summed E-state index contributed by atoms with van der Waals surface area (Å²) in [7, 11) is 0. The molecule has 0 atom stereocenters. The Labute approximate surface area is 106 Å². The third-order valence-electron chi connectivity index (χ3n) is 2.95. The van der Waals surface area contributed by atoms with Crippen LogP contribution in [0.5, 0.6) is 0 Å². The quantitative estimate of drug-likeness (QED) is 0.587. The van der Waals surface area contributed by atoms with Gasteiger partial charge in [0.25, 0.3) is 5.24 Å². The van der Waals surface area contributed by atoms with E-state index >= 15 is 0 Å². The Bertz CT molecular complexity index is 424. The van der Waals surface area contributed by atoms with Gasteiger partial charge in [0.1, 0.15) is 0 Å². The highest BCUT2D eigenvalue weighted by molar-refractivity contribution is 7.99. The van der Waals surface area contributed by atoms with E-state index in [2.05, 4.69) is 13.0 Å². The first-order chi connectivity index (χ1) is 7.65. The third kappa shape index (κ3) is 2.28. The molecule has 1 aromatic rings. The van der Waals surface area contributed by atoms with Gasteiger partial charge in [0.2, 0.25) is 0 Å². The largest absolute Gasteiger partial charge is 0.276 e. The first-order valence-electron chi connectivity index (χ1n) is 5.61. The van der Waals surface area contributed by atoms with Gasteiger partial charge in [-0.3, -0.25) is 4.79 Å². The molecule has 0 spiro atoms. The zero-order chi connectivity index (χ0) is 11.7. The Morgan fingerprint density at radius 3 is 2.69 bits per heavy atom. The molecule has 86 valence electrons. The molecule has 16 heavy (non-hydrogen) atoms. The molecule has 0 radical (unpaired) electrons. The number of hydrogen-bond acceptors (Lipinski definition) is 2. The lowest BCUT2D eigenvalue weighted by molar-refractivity contribution is 0.108. The summed E-state index contributed by atoms with van der Waals surface area (Å²) in [5.41, 5.74) is 3.12. The lowest BCUT2D eigenvalue weighted by atomic mass is 10.0. The average Bonchev–Trinajstić information content (AvgIpc) is 3.04. The summed E-state index contributed by atoms with van der Waals surface area (Å²) in [6.07, 6.45) is 2.57. The Morgan fingerprint density at radius 1 is 1.50 bits per heavy atom. The van der Waals surface area contributed by atoms with Crippen LogP contribution in [0.25, 0.3) is 0 Å². The summed E-state index contributed by atoms with van der Waals surface area (Å²) in [6, 6.07) is 3.95. The van der Waals surface area contributed by atoms with Gasteiger partial charge >= 0.3 is 0 Å². The maximum Gasteiger partial charge on any atom is 0.252 e. The maximum absolute atomic E-state index is 11.3. The van der Waals surface area contributed by atoms with E-state index in [1.807, 2.05) is 24.8 Å². The Kier molecular flexibility index (Phi) is 3.60. The maximum atomic E-state index is 11.3. The molecule has 1 aliphatic carbocycles. The molecule has 0 aliphatic heterocycles. The standard InChI is InChI=1S/C13H15ClOS/c1-3-16-12-8(2)10(13(14)15)6-7-11(12)9-4-5-9/h6-7,9H,3-5H2,1-2H3. The highest BCUT2D eigenvalue weighted by Crippen LogP contribution is 2.45. The second kappa shape index (κ2) is 4.80. The van der Waals surface area contributed by atoms with Crippen molar-refractivity contribution in [2.45, 2.75) is 37.5 Å². The second-order valence-electron chi connectivity index (χ2n) is 4.14. The zero-order valence-corrected chi connectivity index (χ0v) is 11.1. The third-order valence-corrected chi connectivity index (χ3v) is 4.28. The molecule has 0 unspecified atom stereocenters. The molecule has 1 saturated carbocycles. The molecule has 1 fully saturated rings. The minimum Gasteiger partial charge on any atom is -0.276 e. The fourth-order valence-corrected chi connectivity index (χ4v) is 3.20. The molecular formula is C13H15ClOS. The van der Waals surface area contributed by atoms with Crippen LogP contribution in [0.15, 0.2) is 17.0 Å². The van der Waals surface area contributed by atoms with Gasteiger partial charge in [-0.25, -0.2) is 0 Å². The van der Waals surface area contributed by atoms with Crippen molar-refractivity contribution in [2.24, 2.45) is 0 Å². The SMILES string of the molecule is CCSc1c(C2CC2)ccc(C(=O)Cl)c1C. The van der Waals surface area contributed by atoms with E-state index in [9.17, 15) is 4.79 Å². The van der Waals surface area contributed by atoms with Crippen LogP contribution in [0.3, 0.4) is 0 Å². The fourth-order valence-electron chi connectivity index (χ4n) is 1.98. The Morgan fingerprint density at radius 2 is 2.19 bits per heavy atom. The topological polar surface area (TPSA) is 17.1 Å². The van der Waals surface area contributed by atoms with Gasteiger partial charge in [-0.05, 0) is 60.2 Å². The van der Waals surface area contributed by atoms with Crippen molar-refractivity contribution in [3.63, 3.8) is 0 Å². The number of thioether (sulfide) groups is 1. The van der Waals surface area contributed by atoms with Crippen LogP contribution in [0.4, 0.5) is 0 Å². The fraction of sp³-hybridized carbons (Fsp3) is 0.462. The van der Waals surface area contributed by atoms with Crippen molar-refractivity contribution >= 4 is 28.6 Å².